The van der Waals surface area contributed by atoms with E-state index < -0.39 is 72.0 Å². The molecule has 220 valence electrons. The second kappa shape index (κ2) is 11.2. The number of hydrogen-bond acceptors (Lipinski definition) is 4. The van der Waals surface area contributed by atoms with Gasteiger partial charge in [-0.05, 0) is 57.2 Å². The van der Waals surface area contributed by atoms with E-state index in [4.69, 9.17) is 30.3 Å². The van der Waals surface area contributed by atoms with E-state index >= 15 is 0 Å². The summed E-state index contributed by atoms with van der Waals surface area (Å²) < 4.78 is 102. The summed E-state index contributed by atoms with van der Waals surface area (Å²) in [5.74, 6) is 0.366. The minimum absolute atomic E-state index is 0.106. The van der Waals surface area contributed by atoms with Crippen LogP contribution in [-0.2, 0) is 0 Å². The first-order valence-electron chi connectivity index (χ1n) is 20.3. The third-order valence-corrected chi connectivity index (χ3v) is 7.94. The molecule has 47 heavy (non-hydrogen) atoms. The van der Waals surface area contributed by atoms with E-state index in [1.165, 1.54) is 0 Å². The SMILES string of the molecule is [2H]c1c([2H])c([2H])c(-c2c([2H])c([2H])c([2H])c3oc4c([2H])c(-c5nc(-c6ccc(-c7ccccc7)cc6)nc(-c6ccc7ccccc7c6)n5)c([2H])c([2H])c4c23)c([2H])c1[2H]. The molecule has 0 aliphatic rings. The van der Waals surface area contributed by atoms with Crippen LogP contribution >= 0.6 is 0 Å². The summed E-state index contributed by atoms with van der Waals surface area (Å²) in [4.78, 5) is 14.4. The lowest BCUT2D eigenvalue weighted by Crippen LogP contribution is -2.00. The van der Waals surface area contributed by atoms with Gasteiger partial charge in [-0.15, -0.1) is 0 Å². The Balaban J connectivity index is 1.32. The lowest BCUT2D eigenvalue weighted by molar-refractivity contribution is 0.669. The standard InChI is InChI=1S/C43H27N3O/c1-3-10-28(11-4-1)30-18-21-32(22-19-30)41-44-42(34-23-20-29-12-7-8-15-33(29)26-34)46-43(45-41)35-24-25-37-39(27-35)47-38-17-9-16-36(40(37)38)31-13-5-2-6-14-31/h1-27H/i2D,5D,6D,9D,13D,14D,16D,17D,24D,25D,27D. The molecular formula is C43H27N3O. The maximum Gasteiger partial charge on any atom is 0.164 e. The fourth-order valence-electron chi connectivity index (χ4n) is 5.64. The Morgan fingerprint density at radius 2 is 1.11 bits per heavy atom. The van der Waals surface area contributed by atoms with Crippen molar-refractivity contribution in [3.63, 3.8) is 0 Å². The van der Waals surface area contributed by atoms with E-state index in [9.17, 15) is 4.11 Å². The lowest BCUT2D eigenvalue weighted by atomic mass is 9.99. The molecule has 9 rings (SSSR count). The maximum absolute atomic E-state index is 9.45. The average molecular weight is 613 g/mol. The third-order valence-electron chi connectivity index (χ3n) is 7.94. The molecule has 2 aromatic heterocycles. The molecule has 0 spiro atoms. The van der Waals surface area contributed by atoms with E-state index in [1.54, 1.807) is 0 Å². The summed E-state index contributed by atoms with van der Waals surface area (Å²) in [6, 6.07) is 24.3. The fraction of sp³-hybridized carbons (Fsp3) is 0. The first kappa shape index (κ1) is 17.9. The Morgan fingerprint density at radius 1 is 0.447 bits per heavy atom. The van der Waals surface area contributed by atoms with Crippen molar-refractivity contribution in [1.29, 1.82) is 0 Å². The van der Waals surface area contributed by atoms with Crippen molar-refractivity contribution in [2.45, 2.75) is 0 Å². The molecule has 4 heteroatoms. The van der Waals surface area contributed by atoms with Crippen LogP contribution in [0.5, 0.6) is 0 Å². The van der Waals surface area contributed by atoms with Crippen LogP contribution in [0.25, 0.3) is 89.1 Å². The Kier molecular flexibility index (Phi) is 4.27. The zero-order valence-corrected chi connectivity index (χ0v) is 24.5. The maximum atomic E-state index is 9.45. The van der Waals surface area contributed by atoms with Crippen molar-refractivity contribution < 1.29 is 19.5 Å². The van der Waals surface area contributed by atoms with Gasteiger partial charge in [-0.3, -0.25) is 0 Å². The van der Waals surface area contributed by atoms with Crippen LogP contribution in [0.15, 0.2) is 168 Å². The first-order chi connectivity index (χ1) is 27.8. The van der Waals surface area contributed by atoms with E-state index in [0.717, 1.165) is 21.9 Å². The van der Waals surface area contributed by atoms with Crippen molar-refractivity contribution in [1.82, 2.24) is 15.0 Å². The molecule has 0 aliphatic carbocycles. The summed E-state index contributed by atoms with van der Waals surface area (Å²) in [6.45, 7) is 0. The van der Waals surface area contributed by atoms with Gasteiger partial charge in [0.05, 0.1) is 15.1 Å². The molecular weight excluding hydrogens is 574 g/mol. The van der Waals surface area contributed by atoms with Gasteiger partial charge in [-0.1, -0.05) is 139 Å². The molecule has 0 N–H and O–H groups in total. The Morgan fingerprint density at radius 3 is 1.91 bits per heavy atom. The molecule has 4 nitrogen and oxygen atoms in total. The number of rotatable bonds is 5. The van der Waals surface area contributed by atoms with Crippen LogP contribution in [0.3, 0.4) is 0 Å². The van der Waals surface area contributed by atoms with Gasteiger partial charge in [0.2, 0.25) is 0 Å². The van der Waals surface area contributed by atoms with Crippen LogP contribution < -0.4 is 0 Å². The van der Waals surface area contributed by atoms with Gasteiger partial charge >= 0.3 is 0 Å². The van der Waals surface area contributed by atoms with Crippen molar-refractivity contribution in [3.05, 3.63) is 164 Å². The molecule has 0 radical (unpaired) electrons. The largest absolute Gasteiger partial charge is 0.456 e. The van der Waals surface area contributed by atoms with Gasteiger partial charge in [0.15, 0.2) is 17.5 Å². The third kappa shape index (κ3) is 4.93. The molecule has 0 saturated heterocycles. The van der Waals surface area contributed by atoms with Gasteiger partial charge < -0.3 is 4.42 Å². The highest BCUT2D eigenvalue weighted by molar-refractivity contribution is 6.13. The van der Waals surface area contributed by atoms with Gasteiger partial charge in [0.25, 0.3) is 0 Å². The first-order valence-corrected chi connectivity index (χ1v) is 14.8. The number of benzene rings is 7. The van der Waals surface area contributed by atoms with E-state index in [-0.39, 0.29) is 50.5 Å². The average Bonchev–Trinajstić information content (AvgIpc) is 3.66. The zero-order valence-electron chi connectivity index (χ0n) is 35.5. The van der Waals surface area contributed by atoms with Crippen molar-refractivity contribution in [2.24, 2.45) is 0 Å². The Hall–Kier alpha value is -6.39. The molecule has 0 saturated carbocycles. The highest BCUT2D eigenvalue weighted by Gasteiger charge is 2.17. The normalized spacial score (nSPS) is 14.7. The molecule has 0 unspecified atom stereocenters. The molecule has 0 atom stereocenters. The molecule has 0 aliphatic heterocycles. The summed E-state index contributed by atoms with van der Waals surface area (Å²) in [5.41, 5.74) is 1.64. The summed E-state index contributed by atoms with van der Waals surface area (Å²) >= 11 is 0. The highest BCUT2D eigenvalue weighted by Crippen LogP contribution is 2.38. The molecule has 0 bridgehead atoms. The van der Waals surface area contributed by atoms with Crippen LogP contribution in [0.1, 0.15) is 15.1 Å². The monoisotopic (exact) mass is 612 g/mol. The molecule has 2 heterocycles. The fourth-order valence-corrected chi connectivity index (χ4v) is 5.64. The molecule has 0 amide bonds. The van der Waals surface area contributed by atoms with E-state index in [0.29, 0.717) is 11.1 Å². The zero-order chi connectivity index (χ0) is 40.7. The lowest BCUT2D eigenvalue weighted by Gasteiger charge is -2.10. The summed E-state index contributed by atoms with van der Waals surface area (Å²) in [6.07, 6.45) is 0. The van der Waals surface area contributed by atoms with Crippen LogP contribution in [-0.4, -0.2) is 15.0 Å². The second-order valence-corrected chi connectivity index (χ2v) is 10.8. The van der Waals surface area contributed by atoms with E-state index in [1.807, 2.05) is 97.1 Å². The van der Waals surface area contributed by atoms with Gasteiger partial charge in [0.1, 0.15) is 11.2 Å². The highest BCUT2D eigenvalue weighted by atomic mass is 16.3. The quantitative estimate of drug-likeness (QED) is 0.194. The van der Waals surface area contributed by atoms with Gasteiger partial charge in [0, 0.05) is 27.5 Å². The predicted molar refractivity (Wildman–Crippen MR) is 192 cm³/mol. The number of aromatic nitrogens is 3. The smallest absolute Gasteiger partial charge is 0.164 e. The van der Waals surface area contributed by atoms with Crippen molar-refractivity contribution >= 4 is 32.7 Å². The van der Waals surface area contributed by atoms with Crippen LogP contribution in [0.4, 0.5) is 0 Å². The second-order valence-electron chi connectivity index (χ2n) is 10.8. The summed E-state index contributed by atoms with van der Waals surface area (Å²) in [5, 5.41) is 1.54. The predicted octanol–water partition coefficient (Wildman–Crippen LogP) is 11.3. The topological polar surface area (TPSA) is 51.8 Å². The van der Waals surface area contributed by atoms with E-state index in [2.05, 4.69) is 0 Å². The minimum atomic E-state index is -0.684. The minimum Gasteiger partial charge on any atom is -0.456 e. The Bertz CT molecular complexity index is 3160. The van der Waals surface area contributed by atoms with Crippen molar-refractivity contribution in [2.75, 3.05) is 0 Å². The van der Waals surface area contributed by atoms with Crippen molar-refractivity contribution in [3.8, 4) is 56.4 Å². The molecule has 9 aromatic rings. The summed E-state index contributed by atoms with van der Waals surface area (Å²) in [7, 11) is 0. The number of hydrogen-bond donors (Lipinski definition) is 0. The number of furan rings is 1. The number of nitrogens with zero attached hydrogens (tertiary/aromatic N) is 3. The molecule has 7 aromatic carbocycles. The van der Waals surface area contributed by atoms with Crippen LogP contribution in [0, 0.1) is 0 Å². The van der Waals surface area contributed by atoms with Crippen LogP contribution in [0.2, 0.25) is 0 Å². The van der Waals surface area contributed by atoms with Gasteiger partial charge in [-0.25, -0.2) is 15.0 Å². The number of fused-ring (bicyclic) bond motifs is 4. The Labute approximate surface area is 287 Å². The molecule has 0 fully saturated rings. The van der Waals surface area contributed by atoms with Gasteiger partial charge in [-0.2, -0.15) is 0 Å².